The van der Waals surface area contributed by atoms with Gasteiger partial charge in [-0.3, -0.25) is 4.79 Å². The van der Waals surface area contributed by atoms with Crippen LogP contribution in [0.25, 0.3) is 0 Å². The first-order chi connectivity index (χ1) is 21.2. The zero-order chi connectivity index (χ0) is 31.3. The fourth-order valence-electron chi connectivity index (χ4n) is 5.40. The molecule has 0 aromatic rings. The topological polar surface area (TPSA) is 66.0 Å². The van der Waals surface area contributed by atoms with Gasteiger partial charge in [-0.05, 0) is 19.3 Å². The number of carbonyl (C=O) groups excluding carboxylic acids is 1. The van der Waals surface area contributed by atoms with Gasteiger partial charge in [-0.15, -0.1) is 0 Å². The van der Waals surface area contributed by atoms with Crippen molar-refractivity contribution in [1.82, 2.24) is 5.32 Å². The molecule has 0 aromatic heterocycles. The summed E-state index contributed by atoms with van der Waals surface area (Å²) in [7, 11) is 1.63. The van der Waals surface area contributed by atoms with Gasteiger partial charge >= 0.3 is 0 Å². The molecular formula is C37H75NO5. The van der Waals surface area contributed by atoms with Crippen LogP contribution in [0.1, 0.15) is 174 Å². The average molecular weight is 614 g/mol. The van der Waals surface area contributed by atoms with Crippen molar-refractivity contribution in [3.63, 3.8) is 0 Å². The smallest absolute Gasteiger partial charge is 0.246 e. The van der Waals surface area contributed by atoms with Gasteiger partial charge in [0.2, 0.25) is 5.91 Å². The van der Waals surface area contributed by atoms with Crippen molar-refractivity contribution in [2.75, 3.05) is 53.3 Å². The summed E-state index contributed by atoms with van der Waals surface area (Å²) in [5.74, 6) is -0.0896. The van der Waals surface area contributed by atoms with Crippen LogP contribution >= 0.6 is 0 Å². The highest BCUT2D eigenvalue weighted by molar-refractivity contribution is 5.77. The fraction of sp³-hybridized carbons (Fsp3) is 0.973. The minimum Gasteiger partial charge on any atom is -0.382 e. The van der Waals surface area contributed by atoms with Gasteiger partial charge in [-0.2, -0.15) is 0 Å². The molecule has 0 radical (unpaired) electrons. The summed E-state index contributed by atoms with van der Waals surface area (Å²) in [6, 6.07) is 0. The predicted molar refractivity (Wildman–Crippen MR) is 183 cm³/mol. The maximum atomic E-state index is 12.0. The van der Waals surface area contributed by atoms with Gasteiger partial charge in [0, 0.05) is 26.9 Å². The van der Waals surface area contributed by atoms with E-state index in [4.69, 9.17) is 18.9 Å². The number of ether oxygens (including phenoxy) is 4. The monoisotopic (exact) mass is 614 g/mol. The third-order valence-corrected chi connectivity index (χ3v) is 8.25. The van der Waals surface area contributed by atoms with Crippen LogP contribution in [0.3, 0.4) is 0 Å². The molecule has 1 unspecified atom stereocenters. The van der Waals surface area contributed by atoms with Crippen LogP contribution in [-0.2, 0) is 23.7 Å². The molecule has 0 fully saturated rings. The third kappa shape index (κ3) is 35.7. The molecule has 0 bridgehead atoms. The Balaban J connectivity index is 3.94. The molecule has 1 atom stereocenters. The van der Waals surface area contributed by atoms with E-state index in [9.17, 15) is 4.79 Å². The minimum atomic E-state index is -0.0896. The first-order valence-electron chi connectivity index (χ1n) is 18.8. The van der Waals surface area contributed by atoms with E-state index in [1.807, 2.05) is 0 Å². The number of methoxy groups -OCH3 is 1. The number of unbranched alkanes of at least 4 members (excludes halogenated alkanes) is 22. The molecule has 0 heterocycles. The highest BCUT2D eigenvalue weighted by Crippen LogP contribution is 2.14. The van der Waals surface area contributed by atoms with E-state index in [1.165, 1.54) is 141 Å². The van der Waals surface area contributed by atoms with Crippen LogP contribution < -0.4 is 5.32 Å². The first-order valence-corrected chi connectivity index (χ1v) is 18.8. The second-order valence-corrected chi connectivity index (χ2v) is 12.5. The van der Waals surface area contributed by atoms with Crippen LogP contribution in [0, 0.1) is 0 Å². The van der Waals surface area contributed by atoms with Gasteiger partial charge in [0.05, 0.1) is 25.9 Å². The van der Waals surface area contributed by atoms with E-state index in [1.54, 1.807) is 7.11 Å². The molecule has 0 rings (SSSR count). The predicted octanol–water partition coefficient (Wildman–Crippen LogP) is 9.96. The van der Waals surface area contributed by atoms with E-state index in [0.717, 1.165) is 32.5 Å². The first kappa shape index (κ1) is 42.3. The van der Waals surface area contributed by atoms with E-state index >= 15 is 0 Å². The number of nitrogens with one attached hydrogen (secondary N) is 1. The molecule has 0 aliphatic heterocycles. The minimum absolute atomic E-state index is 0.0275. The molecule has 0 aliphatic carbocycles. The second kappa shape index (κ2) is 37.5. The fourth-order valence-corrected chi connectivity index (χ4v) is 5.40. The Morgan fingerprint density at radius 3 is 1.44 bits per heavy atom. The Hall–Kier alpha value is -0.690. The summed E-state index contributed by atoms with van der Waals surface area (Å²) in [4.78, 5) is 12.0. The number of hydrogen-bond donors (Lipinski definition) is 1. The van der Waals surface area contributed by atoms with Crippen molar-refractivity contribution in [3.05, 3.63) is 0 Å². The molecule has 1 amide bonds. The number of carbonyl (C=O) groups is 1. The Labute approximate surface area is 268 Å². The Kier molecular flexibility index (Phi) is 36.9. The van der Waals surface area contributed by atoms with Crippen molar-refractivity contribution < 1.29 is 23.7 Å². The van der Waals surface area contributed by atoms with E-state index in [2.05, 4.69) is 19.2 Å². The lowest BCUT2D eigenvalue weighted by Crippen LogP contribution is -2.32. The normalized spacial score (nSPS) is 12.2. The Bertz CT molecular complexity index is 533. The lowest BCUT2D eigenvalue weighted by atomic mass is 10.1. The molecule has 0 aliphatic rings. The van der Waals surface area contributed by atoms with Crippen molar-refractivity contribution in [3.8, 4) is 0 Å². The molecule has 0 aromatic carbocycles. The lowest BCUT2D eigenvalue weighted by Gasteiger charge is -2.19. The molecule has 0 saturated heterocycles. The quantitative estimate of drug-likeness (QED) is 0.0706. The van der Waals surface area contributed by atoms with Gasteiger partial charge in [-0.1, -0.05) is 155 Å². The van der Waals surface area contributed by atoms with Crippen LogP contribution in [-0.4, -0.2) is 65.3 Å². The summed E-state index contributed by atoms with van der Waals surface area (Å²) < 4.78 is 22.5. The van der Waals surface area contributed by atoms with Crippen LogP contribution in [0.15, 0.2) is 0 Å². The van der Waals surface area contributed by atoms with Gasteiger partial charge in [-0.25, -0.2) is 0 Å². The molecule has 0 saturated carbocycles. The summed E-state index contributed by atoms with van der Waals surface area (Å²) in [5.41, 5.74) is 0. The number of amides is 1. The van der Waals surface area contributed by atoms with Crippen molar-refractivity contribution in [2.24, 2.45) is 0 Å². The lowest BCUT2D eigenvalue weighted by molar-refractivity contribution is -0.126. The van der Waals surface area contributed by atoms with E-state index in [0.29, 0.717) is 26.4 Å². The third-order valence-electron chi connectivity index (χ3n) is 8.25. The van der Waals surface area contributed by atoms with Gasteiger partial charge in [0.15, 0.2) is 0 Å². The van der Waals surface area contributed by atoms with Crippen LogP contribution in [0.2, 0.25) is 0 Å². The molecule has 1 N–H and O–H groups in total. The van der Waals surface area contributed by atoms with Crippen LogP contribution in [0.4, 0.5) is 0 Å². The Morgan fingerprint density at radius 2 is 0.977 bits per heavy atom. The summed E-state index contributed by atoms with van der Waals surface area (Å²) in [6.07, 6.45) is 33.2. The molecule has 258 valence electrons. The molecule has 43 heavy (non-hydrogen) atoms. The standard InChI is InChI=1S/C37H75NO5/c1-4-6-8-10-12-14-16-18-20-22-24-26-30-41-34-36(28-29-38-37(39)35-42-33-32-40-3)43-31-27-25-23-21-19-17-15-13-11-9-7-5-2/h36H,4-35H2,1-3H3,(H,38,39). The number of hydrogen-bond acceptors (Lipinski definition) is 5. The summed E-state index contributed by atoms with van der Waals surface area (Å²) >= 11 is 0. The maximum absolute atomic E-state index is 12.0. The van der Waals surface area contributed by atoms with E-state index < -0.39 is 0 Å². The molecular weight excluding hydrogens is 538 g/mol. The SMILES string of the molecule is CCCCCCCCCCCCCCOCC(CCNC(=O)COCCOC)OCCCCCCCCCCCCCC. The summed E-state index contributed by atoms with van der Waals surface area (Å²) in [6.45, 7) is 8.33. The maximum Gasteiger partial charge on any atom is 0.246 e. The van der Waals surface area contributed by atoms with E-state index in [-0.39, 0.29) is 18.6 Å². The number of rotatable bonds is 37. The second-order valence-electron chi connectivity index (χ2n) is 12.5. The summed E-state index contributed by atoms with van der Waals surface area (Å²) in [5, 5.41) is 2.95. The molecule has 6 nitrogen and oxygen atoms in total. The van der Waals surface area contributed by atoms with Gasteiger partial charge in [0.1, 0.15) is 6.61 Å². The van der Waals surface area contributed by atoms with Crippen LogP contribution in [0.5, 0.6) is 0 Å². The van der Waals surface area contributed by atoms with Gasteiger partial charge in [0.25, 0.3) is 0 Å². The highest BCUT2D eigenvalue weighted by atomic mass is 16.5. The molecule has 6 heteroatoms. The van der Waals surface area contributed by atoms with Crippen molar-refractivity contribution in [2.45, 2.75) is 180 Å². The highest BCUT2D eigenvalue weighted by Gasteiger charge is 2.11. The van der Waals surface area contributed by atoms with Crippen molar-refractivity contribution >= 4 is 5.91 Å². The van der Waals surface area contributed by atoms with Gasteiger partial charge < -0.3 is 24.3 Å². The largest absolute Gasteiger partial charge is 0.382 e. The zero-order valence-corrected chi connectivity index (χ0v) is 29.2. The molecule has 0 spiro atoms. The zero-order valence-electron chi connectivity index (χ0n) is 29.2. The Morgan fingerprint density at radius 1 is 0.535 bits per heavy atom. The van der Waals surface area contributed by atoms with Crippen molar-refractivity contribution in [1.29, 1.82) is 0 Å². The average Bonchev–Trinajstić information content (AvgIpc) is 3.01.